The van der Waals surface area contributed by atoms with E-state index in [1.807, 2.05) is 12.2 Å². The average molecular weight is 270 g/mol. The van der Waals surface area contributed by atoms with Gasteiger partial charge in [0.1, 0.15) is 5.60 Å². The van der Waals surface area contributed by atoms with Gasteiger partial charge in [-0.2, -0.15) is 0 Å². The summed E-state index contributed by atoms with van der Waals surface area (Å²) in [5.41, 5.74) is 5.56. The lowest BCUT2D eigenvalue weighted by Crippen LogP contribution is -2.34. The molecule has 0 bridgehead atoms. The molecule has 0 saturated carbocycles. The third kappa shape index (κ3) is 2.56. The molecule has 1 unspecified atom stereocenters. The summed E-state index contributed by atoms with van der Waals surface area (Å²) >= 11 is 0. The highest BCUT2D eigenvalue weighted by atomic mass is 16.3. The molecule has 3 rings (SSSR count). The summed E-state index contributed by atoms with van der Waals surface area (Å²) in [7, 11) is 0. The van der Waals surface area contributed by atoms with Gasteiger partial charge in [0.25, 0.3) is 0 Å². The van der Waals surface area contributed by atoms with Crippen LogP contribution in [0.3, 0.4) is 0 Å². The molecule has 0 aromatic carbocycles. The van der Waals surface area contributed by atoms with Crippen molar-refractivity contribution in [3.8, 4) is 0 Å². The fourth-order valence-electron chi connectivity index (χ4n) is 4.12. The number of rotatable bonds is 3. The second kappa shape index (κ2) is 5.73. The maximum atomic E-state index is 11.1. The Labute approximate surface area is 122 Å². The Hall–Kier alpha value is -1.08. The van der Waals surface area contributed by atoms with Crippen LogP contribution >= 0.6 is 0 Å². The van der Waals surface area contributed by atoms with Crippen LogP contribution < -0.4 is 0 Å². The van der Waals surface area contributed by atoms with E-state index < -0.39 is 5.60 Å². The van der Waals surface area contributed by atoms with E-state index >= 15 is 0 Å². The first-order valence-corrected chi connectivity index (χ1v) is 8.15. The van der Waals surface area contributed by atoms with E-state index in [1.165, 1.54) is 37.7 Å². The second-order valence-corrected chi connectivity index (χ2v) is 6.55. The zero-order valence-electron chi connectivity index (χ0n) is 12.5. The Morgan fingerprint density at radius 1 is 1.00 bits per heavy atom. The van der Waals surface area contributed by atoms with E-state index in [4.69, 9.17) is 0 Å². The molecule has 0 spiro atoms. The van der Waals surface area contributed by atoms with Crippen molar-refractivity contribution in [3.05, 3.63) is 47.1 Å². The van der Waals surface area contributed by atoms with E-state index in [2.05, 4.69) is 12.7 Å². The predicted octanol–water partition coefficient (Wildman–Crippen LogP) is 4.99. The molecule has 3 aliphatic carbocycles. The molecule has 0 heterocycles. The fraction of sp³-hybridized carbons (Fsp3) is 0.579. The summed E-state index contributed by atoms with van der Waals surface area (Å²) in [6.07, 6.45) is 17.5. The molecule has 0 saturated heterocycles. The first-order chi connectivity index (χ1) is 9.73. The maximum absolute atomic E-state index is 11.1. The van der Waals surface area contributed by atoms with Gasteiger partial charge in [0.15, 0.2) is 0 Å². The lowest BCUT2D eigenvalue weighted by atomic mass is 9.69. The standard InChI is InChI=1S/C19H26O/c1-2-3-6-11-19(20)12-7-10-17-13-15-8-4-5-9-16(15)14-18(17)19/h2,6,11,20H,1,3-5,7-10,12-14H2/b11-6-. The monoisotopic (exact) mass is 270 g/mol. The quantitative estimate of drug-likeness (QED) is 0.716. The van der Waals surface area contributed by atoms with Crippen molar-refractivity contribution in [3.63, 3.8) is 0 Å². The van der Waals surface area contributed by atoms with E-state index in [9.17, 15) is 5.11 Å². The van der Waals surface area contributed by atoms with Crippen molar-refractivity contribution >= 4 is 0 Å². The van der Waals surface area contributed by atoms with Crippen LogP contribution in [0.4, 0.5) is 0 Å². The fourth-order valence-corrected chi connectivity index (χ4v) is 4.12. The van der Waals surface area contributed by atoms with Crippen LogP contribution in [0.2, 0.25) is 0 Å². The molecule has 1 atom stereocenters. The Kier molecular flexibility index (Phi) is 3.98. The molecule has 20 heavy (non-hydrogen) atoms. The van der Waals surface area contributed by atoms with E-state index in [0.717, 1.165) is 32.1 Å². The highest BCUT2D eigenvalue weighted by Gasteiger charge is 2.37. The zero-order valence-corrected chi connectivity index (χ0v) is 12.5. The summed E-state index contributed by atoms with van der Waals surface area (Å²) in [5.74, 6) is 0. The van der Waals surface area contributed by atoms with E-state index in [-0.39, 0.29) is 0 Å². The molecule has 0 radical (unpaired) electrons. The van der Waals surface area contributed by atoms with Crippen LogP contribution in [-0.4, -0.2) is 10.7 Å². The highest BCUT2D eigenvalue weighted by Crippen LogP contribution is 2.47. The van der Waals surface area contributed by atoms with Gasteiger partial charge in [0.2, 0.25) is 0 Å². The largest absolute Gasteiger partial charge is 0.381 e. The Morgan fingerprint density at radius 3 is 2.45 bits per heavy atom. The summed E-state index contributed by atoms with van der Waals surface area (Å²) in [6, 6.07) is 0. The molecule has 1 heteroatoms. The van der Waals surface area contributed by atoms with Crippen molar-refractivity contribution in [2.45, 2.75) is 69.8 Å². The molecular formula is C19H26O. The normalized spacial score (nSPS) is 30.4. The van der Waals surface area contributed by atoms with Gasteiger partial charge in [-0.15, -0.1) is 6.58 Å². The highest BCUT2D eigenvalue weighted by molar-refractivity contribution is 5.43. The van der Waals surface area contributed by atoms with Crippen molar-refractivity contribution in [1.29, 1.82) is 0 Å². The van der Waals surface area contributed by atoms with Gasteiger partial charge in [0.05, 0.1) is 0 Å². The van der Waals surface area contributed by atoms with Gasteiger partial charge in [-0.05, 0) is 69.8 Å². The van der Waals surface area contributed by atoms with Gasteiger partial charge in [-0.25, -0.2) is 0 Å². The number of hydrogen-bond donors (Lipinski definition) is 1. The molecule has 0 amide bonds. The zero-order chi connectivity index (χ0) is 14.0. The molecule has 0 aromatic heterocycles. The van der Waals surface area contributed by atoms with Crippen LogP contribution in [0.15, 0.2) is 47.1 Å². The molecule has 0 fully saturated rings. The van der Waals surface area contributed by atoms with Crippen molar-refractivity contribution in [2.24, 2.45) is 0 Å². The van der Waals surface area contributed by atoms with E-state index in [1.54, 1.807) is 16.7 Å². The van der Waals surface area contributed by atoms with Crippen LogP contribution in [0.25, 0.3) is 0 Å². The summed E-state index contributed by atoms with van der Waals surface area (Å²) in [4.78, 5) is 0. The van der Waals surface area contributed by atoms with Gasteiger partial charge >= 0.3 is 0 Å². The SMILES string of the molecule is C=CC/C=C\C1(O)CCCC2=C1CC1=C(CCCC1)C2. The third-order valence-corrected chi connectivity index (χ3v) is 5.21. The summed E-state index contributed by atoms with van der Waals surface area (Å²) < 4.78 is 0. The second-order valence-electron chi connectivity index (χ2n) is 6.55. The van der Waals surface area contributed by atoms with Gasteiger partial charge in [-0.3, -0.25) is 0 Å². The summed E-state index contributed by atoms with van der Waals surface area (Å²) in [5, 5.41) is 11.1. The van der Waals surface area contributed by atoms with Crippen LogP contribution in [0, 0.1) is 0 Å². The van der Waals surface area contributed by atoms with Gasteiger partial charge in [0, 0.05) is 0 Å². The molecule has 0 aliphatic heterocycles. The predicted molar refractivity (Wildman–Crippen MR) is 84.5 cm³/mol. The lowest BCUT2D eigenvalue weighted by molar-refractivity contribution is 0.105. The van der Waals surface area contributed by atoms with Gasteiger partial charge in [-0.1, -0.05) is 34.9 Å². The van der Waals surface area contributed by atoms with Crippen LogP contribution in [0.5, 0.6) is 0 Å². The lowest BCUT2D eigenvalue weighted by Gasteiger charge is -2.40. The molecule has 0 aromatic rings. The van der Waals surface area contributed by atoms with Crippen LogP contribution in [-0.2, 0) is 0 Å². The molecule has 1 N–H and O–H groups in total. The molecule has 1 nitrogen and oxygen atoms in total. The number of hydrogen-bond acceptors (Lipinski definition) is 1. The average Bonchev–Trinajstić information content (AvgIpc) is 2.46. The summed E-state index contributed by atoms with van der Waals surface area (Å²) in [6.45, 7) is 3.75. The van der Waals surface area contributed by atoms with Crippen molar-refractivity contribution in [1.82, 2.24) is 0 Å². The molecular weight excluding hydrogens is 244 g/mol. The topological polar surface area (TPSA) is 20.2 Å². The van der Waals surface area contributed by atoms with E-state index in [0.29, 0.717) is 0 Å². The first-order valence-electron chi connectivity index (χ1n) is 8.15. The van der Waals surface area contributed by atoms with Crippen LogP contribution in [0.1, 0.15) is 64.2 Å². The maximum Gasteiger partial charge on any atom is 0.104 e. The Bertz CT molecular complexity index is 492. The Balaban J connectivity index is 1.86. The minimum Gasteiger partial charge on any atom is -0.381 e. The Morgan fingerprint density at radius 2 is 1.70 bits per heavy atom. The first kappa shape index (κ1) is 13.9. The van der Waals surface area contributed by atoms with Crippen molar-refractivity contribution < 1.29 is 5.11 Å². The molecule has 108 valence electrons. The molecule has 3 aliphatic rings. The minimum atomic E-state index is -0.674. The minimum absolute atomic E-state index is 0.674. The number of aliphatic hydroxyl groups is 1. The van der Waals surface area contributed by atoms with Crippen molar-refractivity contribution in [2.75, 3.05) is 0 Å². The van der Waals surface area contributed by atoms with Gasteiger partial charge < -0.3 is 5.11 Å². The smallest absolute Gasteiger partial charge is 0.104 e. The third-order valence-electron chi connectivity index (χ3n) is 5.21. The number of allylic oxidation sites excluding steroid dienone is 5.